The monoisotopic (exact) mass is 672 g/mol. The molecule has 12 aromatic rings. The maximum Gasteiger partial charge on any atom is 0.160 e. The van der Waals surface area contributed by atoms with Crippen LogP contribution in [0.2, 0.25) is 0 Å². The zero-order chi connectivity index (χ0) is 34.6. The molecule has 0 bridgehead atoms. The molecule has 0 aliphatic heterocycles. The Hall–Kier alpha value is -7.10. The molecule has 12 rings (SSSR count). The van der Waals surface area contributed by atoms with E-state index in [9.17, 15) is 0 Å². The Balaban J connectivity index is 1.13. The molecule has 10 aromatic carbocycles. The highest BCUT2D eigenvalue weighted by Gasteiger charge is 2.19. The van der Waals surface area contributed by atoms with E-state index in [1.807, 2.05) is 12.1 Å². The Morgan fingerprint density at radius 3 is 1.57 bits per heavy atom. The molecule has 2 aromatic heterocycles. The van der Waals surface area contributed by atoms with Gasteiger partial charge < -0.3 is 4.42 Å². The molecule has 0 fully saturated rings. The van der Waals surface area contributed by atoms with Crippen LogP contribution >= 0.6 is 0 Å². The van der Waals surface area contributed by atoms with E-state index in [2.05, 4.69) is 158 Å². The second kappa shape index (κ2) is 10.7. The van der Waals surface area contributed by atoms with Crippen molar-refractivity contribution in [3.05, 3.63) is 170 Å². The zero-order valence-corrected chi connectivity index (χ0v) is 28.5. The van der Waals surface area contributed by atoms with E-state index >= 15 is 0 Å². The molecule has 0 radical (unpaired) electrons. The number of benzene rings is 10. The van der Waals surface area contributed by atoms with E-state index in [1.54, 1.807) is 0 Å². The third kappa shape index (κ3) is 4.05. The number of hydrogen-bond donors (Lipinski definition) is 0. The molecule has 0 N–H and O–H groups in total. The second-order valence-corrected chi connectivity index (χ2v) is 14.0. The summed E-state index contributed by atoms with van der Waals surface area (Å²) in [5.74, 6) is 0.716. The highest BCUT2D eigenvalue weighted by Crippen LogP contribution is 2.45. The van der Waals surface area contributed by atoms with Gasteiger partial charge >= 0.3 is 0 Å². The minimum atomic E-state index is 0.716. The molecule has 0 amide bonds. The molecular weight excluding hydrogens is 645 g/mol. The van der Waals surface area contributed by atoms with Crippen LogP contribution in [-0.2, 0) is 0 Å². The van der Waals surface area contributed by atoms with Crippen LogP contribution in [-0.4, -0.2) is 9.97 Å². The van der Waals surface area contributed by atoms with Gasteiger partial charge in [-0.1, -0.05) is 140 Å². The molecule has 244 valence electrons. The predicted octanol–water partition coefficient (Wildman–Crippen LogP) is 13.8. The fraction of sp³-hybridized carbons (Fsp3) is 0. The SMILES string of the molecule is c1ccc(-c2nc(-c3ccc4c(c3)c3ccccc3c3c4ccc4c5cc6c7ccccc7c7ccccc7c6cc5oc43)nc3ccccc23)cc1. The van der Waals surface area contributed by atoms with Gasteiger partial charge in [0.25, 0.3) is 0 Å². The van der Waals surface area contributed by atoms with E-state index in [0.29, 0.717) is 5.82 Å². The Kier molecular flexibility index (Phi) is 5.77. The molecular formula is C50H28N2O. The van der Waals surface area contributed by atoms with Crippen molar-refractivity contribution >= 4 is 97.5 Å². The van der Waals surface area contributed by atoms with Gasteiger partial charge in [0, 0.05) is 32.7 Å². The second-order valence-electron chi connectivity index (χ2n) is 14.0. The molecule has 0 atom stereocenters. The molecule has 2 heterocycles. The molecule has 0 saturated heterocycles. The maximum absolute atomic E-state index is 6.96. The summed E-state index contributed by atoms with van der Waals surface area (Å²) in [5, 5.41) is 17.8. The van der Waals surface area contributed by atoms with E-state index < -0.39 is 0 Å². The summed E-state index contributed by atoms with van der Waals surface area (Å²) in [7, 11) is 0. The summed E-state index contributed by atoms with van der Waals surface area (Å²) >= 11 is 0. The van der Waals surface area contributed by atoms with Crippen LogP contribution in [0.25, 0.3) is 120 Å². The first-order valence-corrected chi connectivity index (χ1v) is 18.1. The van der Waals surface area contributed by atoms with Crippen LogP contribution in [0.3, 0.4) is 0 Å². The summed E-state index contributed by atoms with van der Waals surface area (Å²) < 4.78 is 6.96. The smallest absolute Gasteiger partial charge is 0.160 e. The Morgan fingerprint density at radius 2 is 0.830 bits per heavy atom. The van der Waals surface area contributed by atoms with Crippen molar-refractivity contribution in [2.75, 3.05) is 0 Å². The summed E-state index contributed by atoms with van der Waals surface area (Å²) in [6.07, 6.45) is 0. The van der Waals surface area contributed by atoms with Crippen LogP contribution in [0.15, 0.2) is 174 Å². The van der Waals surface area contributed by atoms with Crippen LogP contribution in [0.1, 0.15) is 0 Å². The summed E-state index contributed by atoms with van der Waals surface area (Å²) in [6.45, 7) is 0. The lowest BCUT2D eigenvalue weighted by molar-refractivity contribution is 0.673. The fourth-order valence-corrected chi connectivity index (χ4v) is 8.83. The summed E-state index contributed by atoms with van der Waals surface area (Å²) in [4.78, 5) is 10.3. The average molecular weight is 673 g/mol. The first-order chi connectivity index (χ1) is 26.3. The lowest BCUT2D eigenvalue weighted by Crippen LogP contribution is -1.95. The van der Waals surface area contributed by atoms with E-state index in [4.69, 9.17) is 14.4 Å². The van der Waals surface area contributed by atoms with Gasteiger partial charge in [-0.2, -0.15) is 0 Å². The topological polar surface area (TPSA) is 38.9 Å². The number of hydrogen-bond acceptors (Lipinski definition) is 3. The third-order valence-electron chi connectivity index (χ3n) is 11.2. The van der Waals surface area contributed by atoms with Crippen molar-refractivity contribution in [2.45, 2.75) is 0 Å². The summed E-state index contributed by atoms with van der Waals surface area (Å²) in [5.41, 5.74) is 5.77. The van der Waals surface area contributed by atoms with Crippen LogP contribution in [0, 0.1) is 0 Å². The highest BCUT2D eigenvalue weighted by molar-refractivity contribution is 6.34. The molecule has 3 nitrogen and oxygen atoms in total. The van der Waals surface area contributed by atoms with Gasteiger partial charge in [0.15, 0.2) is 5.82 Å². The third-order valence-corrected chi connectivity index (χ3v) is 11.2. The van der Waals surface area contributed by atoms with Crippen LogP contribution in [0.5, 0.6) is 0 Å². The molecule has 53 heavy (non-hydrogen) atoms. The molecule has 0 aliphatic carbocycles. The number of rotatable bonds is 2. The van der Waals surface area contributed by atoms with Crippen molar-refractivity contribution in [3.63, 3.8) is 0 Å². The quantitative estimate of drug-likeness (QED) is 0.172. The Bertz CT molecular complexity index is 3490. The van der Waals surface area contributed by atoms with Crippen LogP contribution < -0.4 is 0 Å². The van der Waals surface area contributed by atoms with Gasteiger partial charge in [0.05, 0.1) is 11.2 Å². The van der Waals surface area contributed by atoms with Gasteiger partial charge in [0.2, 0.25) is 0 Å². The maximum atomic E-state index is 6.96. The number of aromatic nitrogens is 2. The van der Waals surface area contributed by atoms with Crippen molar-refractivity contribution in [1.82, 2.24) is 9.97 Å². The van der Waals surface area contributed by atoms with Crippen molar-refractivity contribution in [2.24, 2.45) is 0 Å². The van der Waals surface area contributed by atoms with Gasteiger partial charge in [0.1, 0.15) is 11.2 Å². The predicted molar refractivity (Wildman–Crippen MR) is 223 cm³/mol. The van der Waals surface area contributed by atoms with Crippen LogP contribution in [0.4, 0.5) is 0 Å². The average Bonchev–Trinajstić information content (AvgIpc) is 3.60. The van der Waals surface area contributed by atoms with E-state index in [0.717, 1.165) is 55.0 Å². The minimum absolute atomic E-state index is 0.716. The van der Waals surface area contributed by atoms with Gasteiger partial charge in [-0.25, -0.2) is 9.97 Å². The van der Waals surface area contributed by atoms with Gasteiger partial charge in [-0.15, -0.1) is 0 Å². The largest absolute Gasteiger partial charge is 0.455 e. The lowest BCUT2D eigenvalue weighted by atomic mass is 9.91. The zero-order valence-electron chi connectivity index (χ0n) is 28.5. The molecule has 3 heteroatoms. The minimum Gasteiger partial charge on any atom is -0.455 e. The molecule has 0 spiro atoms. The molecule has 0 aliphatic rings. The fourth-order valence-electron chi connectivity index (χ4n) is 8.83. The van der Waals surface area contributed by atoms with Gasteiger partial charge in [-0.3, -0.25) is 0 Å². The number of furan rings is 1. The Labute approximate surface area is 303 Å². The lowest BCUT2D eigenvalue weighted by Gasteiger charge is -2.13. The van der Waals surface area contributed by atoms with Gasteiger partial charge in [-0.05, 0) is 89.6 Å². The number of para-hydroxylation sites is 1. The normalized spacial score (nSPS) is 12.2. The molecule has 0 saturated carbocycles. The summed E-state index contributed by atoms with van der Waals surface area (Å²) in [6, 6.07) is 60.6. The number of nitrogens with zero attached hydrogens (tertiary/aromatic N) is 2. The Morgan fingerprint density at radius 1 is 0.321 bits per heavy atom. The van der Waals surface area contributed by atoms with Crippen molar-refractivity contribution in [3.8, 4) is 22.6 Å². The first-order valence-electron chi connectivity index (χ1n) is 18.1. The number of fused-ring (bicyclic) bond motifs is 17. The molecule has 0 unspecified atom stereocenters. The van der Waals surface area contributed by atoms with Crippen molar-refractivity contribution in [1.29, 1.82) is 0 Å². The van der Waals surface area contributed by atoms with Crippen molar-refractivity contribution < 1.29 is 4.42 Å². The standard InChI is InChI=1S/C50H28N2O/c1-2-12-29(13-3-1)48-40-20-10-11-21-45(40)51-50(52-48)30-22-23-36-38-24-25-39-44-27-42-33-16-6-4-14-31(33)32-15-5-7-17-34(32)43(42)28-46(44)53-49(39)47(38)37-19-9-8-18-35(37)41(36)26-30/h1-28H. The first kappa shape index (κ1) is 28.6. The highest BCUT2D eigenvalue weighted by atomic mass is 16.3. The van der Waals surface area contributed by atoms with E-state index in [-0.39, 0.29) is 0 Å². The van der Waals surface area contributed by atoms with E-state index in [1.165, 1.54) is 59.2 Å².